The highest BCUT2D eigenvalue weighted by Crippen LogP contribution is 2.34. The maximum absolute atomic E-state index is 11.6. The molecule has 0 spiro atoms. The van der Waals surface area contributed by atoms with E-state index in [0.29, 0.717) is 0 Å². The van der Waals surface area contributed by atoms with E-state index in [1.807, 2.05) is 52.0 Å². The Labute approximate surface area is 96.5 Å². The zero-order valence-electron chi connectivity index (χ0n) is 9.67. The molecule has 0 heterocycles. The molecule has 0 aliphatic heterocycles. The predicted molar refractivity (Wildman–Crippen MR) is 64.2 cm³/mol. The number of benzene rings is 1. The molecule has 0 saturated heterocycles. The van der Waals surface area contributed by atoms with Crippen LogP contribution in [0.4, 0.5) is 0 Å². The Morgan fingerprint density at radius 3 is 2.40 bits per heavy atom. The van der Waals surface area contributed by atoms with Gasteiger partial charge in [0.1, 0.15) is 0 Å². The van der Waals surface area contributed by atoms with Gasteiger partial charge in [-0.3, -0.25) is 4.79 Å². The molecule has 15 heavy (non-hydrogen) atoms. The number of aryl methyl sites for hydroxylation is 1. The van der Waals surface area contributed by atoms with Gasteiger partial charge in [0.15, 0.2) is 0 Å². The van der Waals surface area contributed by atoms with Crippen molar-refractivity contribution in [2.75, 3.05) is 0 Å². The molecule has 0 aromatic heterocycles. The summed E-state index contributed by atoms with van der Waals surface area (Å²) in [6.45, 7) is 7.95. The van der Waals surface area contributed by atoms with Gasteiger partial charge in [-0.1, -0.05) is 43.7 Å². The van der Waals surface area contributed by atoms with Crippen molar-refractivity contribution < 1.29 is 4.79 Å². The van der Waals surface area contributed by atoms with Crippen LogP contribution in [0.3, 0.4) is 0 Å². The van der Waals surface area contributed by atoms with E-state index in [-0.39, 0.29) is 11.2 Å². The molecule has 0 aliphatic rings. The average Bonchev–Trinajstić information content (AvgIpc) is 2.15. The minimum absolute atomic E-state index is 0.185. The third-order valence-corrected chi connectivity index (χ3v) is 3.57. The smallest absolute Gasteiger partial charge is 0.232 e. The summed E-state index contributed by atoms with van der Waals surface area (Å²) in [5.41, 5.74) is 1.56. The molecule has 0 amide bonds. The second-order valence-electron chi connectivity index (χ2n) is 4.50. The number of carbonyl (C=O) groups excluding carboxylic acids is 1. The highest BCUT2D eigenvalue weighted by molar-refractivity contribution is 6.65. The van der Waals surface area contributed by atoms with Crippen LogP contribution in [0.1, 0.15) is 31.9 Å². The van der Waals surface area contributed by atoms with E-state index in [1.54, 1.807) is 0 Å². The minimum atomic E-state index is -0.590. The molecule has 1 atom stereocenters. The van der Waals surface area contributed by atoms with Crippen molar-refractivity contribution in [2.45, 2.75) is 33.1 Å². The molecule has 82 valence electrons. The molecule has 1 aromatic carbocycles. The fourth-order valence-corrected chi connectivity index (χ4v) is 1.97. The van der Waals surface area contributed by atoms with E-state index >= 15 is 0 Å². The topological polar surface area (TPSA) is 17.1 Å². The lowest BCUT2D eigenvalue weighted by Gasteiger charge is -2.30. The van der Waals surface area contributed by atoms with Gasteiger partial charge in [-0.25, -0.2) is 0 Å². The van der Waals surface area contributed by atoms with Crippen molar-refractivity contribution in [1.29, 1.82) is 0 Å². The molecule has 1 unspecified atom stereocenters. The molecule has 0 fully saturated rings. The molecule has 0 bridgehead atoms. The standard InChI is InChI=1S/C13H17ClO/c1-9(2)13(4,12(14)15)11-7-5-6-10(3)8-11/h5-9H,1-4H3. The second-order valence-corrected chi connectivity index (χ2v) is 4.84. The second kappa shape index (κ2) is 4.36. The first-order valence-corrected chi connectivity index (χ1v) is 5.54. The summed E-state index contributed by atoms with van der Waals surface area (Å²) in [6.07, 6.45) is 0. The van der Waals surface area contributed by atoms with Crippen molar-refractivity contribution in [2.24, 2.45) is 5.92 Å². The van der Waals surface area contributed by atoms with E-state index in [0.717, 1.165) is 11.1 Å². The largest absolute Gasteiger partial charge is 0.280 e. The molecule has 1 rings (SSSR count). The van der Waals surface area contributed by atoms with Crippen molar-refractivity contribution in [3.63, 3.8) is 0 Å². The highest BCUT2D eigenvalue weighted by Gasteiger charge is 2.37. The summed E-state index contributed by atoms with van der Waals surface area (Å²) >= 11 is 5.73. The van der Waals surface area contributed by atoms with Gasteiger partial charge in [0.05, 0.1) is 5.41 Å². The zero-order valence-corrected chi connectivity index (χ0v) is 10.4. The van der Waals surface area contributed by atoms with Gasteiger partial charge < -0.3 is 0 Å². The Morgan fingerprint density at radius 2 is 2.00 bits per heavy atom. The predicted octanol–water partition coefficient (Wildman–Crippen LogP) is 3.67. The number of hydrogen-bond acceptors (Lipinski definition) is 1. The molecule has 0 radical (unpaired) electrons. The Balaban J connectivity index is 3.28. The van der Waals surface area contributed by atoms with Gasteiger partial charge in [-0.05, 0) is 36.9 Å². The van der Waals surface area contributed by atoms with E-state index < -0.39 is 5.41 Å². The zero-order chi connectivity index (χ0) is 11.6. The minimum Gasteiger partial charge on any atom is -0.280 e. The maximum Gasteiger partial charge on any atom is 0.232 e. The lowest BCUT2D eigenvalue weighted by atomic mass is 9.74. The molecule has 0 N–H and O–H groups in total. The summed E-state index contributed by atoms with van der Waals surface area (Å²) in [7, 11) is 0. The van der Waals surface area contributed by atoms with Crippen LogP contribution < -0.4 is 0 Å². The van der Waals surface area contributed by atoms with Gasteiger partial charge in [0.25, 0.3) is 0 Å². The molecule has 1 nitrogen and oxygen atoms in total. The van der Waals surface area contributed by atoms with Crippen molar-refractivity contribution in [3.05, 3.63) is 35.4 Å². The van der Waals surface area contributed by atoms with Gasteiger partial charge >= 0.3 is 0 Å². The van der Waals surface area contributed by atoms with E-state index in [2.05, 4.69) is 0 Å². The van der Waals surface area contributed by atoms with E-state index in [9.17, 15) is 4.79 Å². The first kappa shape index (κ1) is 12.3. The number of carbonyl (C=O) groups is 1. The molecule has 2 heteroatoms. The van der Waals surface area contributed by atoms with Crippen molar-refractivity contribution in [1.82, 2.24) is 0 Å². The van der Waals surface area contributed by atoms with Crippen molar-refractivity contribution in [3.8, 4) is 0 Å². The fraction of sp³-hybridized carbons (Fsp3) is 0.462. The van der Waals surface area contributed by atoms with E-state index in [4.69, 9.17) is 11.6 Å². The number of halogens is 1. The Bertz CT molecular complexity index is 371. The summed E-state index contributed by atoms with van der Waals surface area (Å²) < 4.78 is 0. The normalized spacial score (nSPS) is 15.1. The summed E-state index contributed by atoms with van der Waals surface area (Å²) in [6, 6.07) is 7.97. The summed E-state index contributed by atoms with van der Waals surface area (Å²) in [5, 5.41) is -0.289. The van der Waals surface area contributed by atoms with Crippen LogP contribution in [0, 0.1) is 12.8 Å². The van der Waals surface area contributed by atoms with Crippen LogP contribution in [0.25, 0.3) is 0 Å². The SMILES string of the molecule is Cc1cccc(C(C)(C(=O)Cl)C(C)C)c1. The molecule has 1 aromatic rings. The van der Waals surface area contributed by atoms with Crippen LogP contribution in [-0.2, 0) is 10.2 Å². The Hall–Kier alpha value is -0.820. The third-order valence-electron chi connectivity index (χ3n) is 3.18. The average molecular weight is 225 g/mol. The highest BCUT2D eigenvalue weighted by atomic mass is 35.5. The van der Waals surface area contributed by atoms with Crippen molar-refractivity contribution >= 4 is 16.8 Å². The lowest BCUT2D eigenvalue weighted by molar-refractivity contribution is -0.117. The summed E-state index contributed by atoms with van der Waals surface area (Å²) in [4.78, 5) is 11.6. The molecular formula is C13H17ClO. The van der Waals surface area contributed by atoms with Gasteiger partial charge in [-0.2, -0.15) is 0 Å². The quantitative estimate of drug-likeness (QED) is 0.716. The van der Waals surface area contributed by atoms with Crippen LogP contribution in [0.15, 0.2) is 24.3 Å². The van der Waals surface area contributed by atoms with Gasteiger partial charge in [-0.15, -0.1) is 0 Å². The Kier molecular flexibility index (Phi) is 3.56. The molecular weight excluding hydrogens is 208 g/mol. The number of hydrogen-bond donors (Lipinski definition) is 0. The van der Waals surface area contributed by atoms with Crippen LogP contribution >= 0.6 is 11.6 Å². The van der Waals surface area contributed by atoms with Crippen LogP contribution in [-0.4, -0.2) is 5.24 Å². The van der Waals surface area contributed by atoms with Gasteiger partial charge in [0.2, 0.25) is 5.24 Å². The summed E-state index contributed by atoms with van der Waals surface area (Å²) in [5.74, 6) is 0.185. The maximum atomic E-state index is 11.6. The number of rotatable bonds is 3. The monoisotopic (exact) mass is 224 g/mol. The third kappa shape index (κ3) is 2.23. The first-order chi connectivity index (χ1) is 6.89. The van der Waals surface area contributed by atoms with Crippen LogP contribution in [0.5, 0.6) is 0 Å². The molecule has 0 saturated carbocycles. The van der Waals surface area contributed by atoms with Crippen LogP contribution in [0.2, 0.25) is 0 Å². The fourth-order valence-electron chi connectivity index (χ4n) is 1.64. The van der Waals surface area contributed by atoms with E-state index in [1.165, 1.54) is 0 Å². The Morgan fingerprint density at radius 1 is 1.40 bits per heavy atom. The lowest BCUT2D eigenvalue weighted by Crippen LogP contribution is -2.35. The van der Waals surface area contributed by atoms with Gasteiger partial charge in [0, 0.05) is 0 Å². The first-order valence-electron chi connectivity index (χ1n) is 5.16. The molecule has 0 aliphatic carbocycles.